The van der Waals surface area contributed by atoms with Crippen molar-refractivity contribution in [3.05, 3.63) is 71.3 Å². The molecule has 0 N–H and O–H groups in total. The molecule has 4 rings (SSSR count). The highest BCUT2D eigenvalue weighted by atomic mass is 32.2. The van der Waals surface area contributed by atoms with Gasteiger partial charge < -0.3 is 4.74 Å². The molecule has 1 aliphatic heterocycles. The first-order chi connectivity index (χ1) is 13.7. The fraction of sp³-hybridized carbons (Fsp3) is 0.350. The topological polar surface area (TPSA) is 56.1 Å². The van der Waals surface area contributed by atoms with Crippen LogP contribution in [-0.4, -0.2) is 56.8 Å². The summed E-state index contributed by atoms with van der Waals surface area (Å²) in [7, 11) is 1.65. The second kappa shape index (κ2) is 8.70. The molecular weight excluding hydrogens is 377 g/mol. The number of benzene rings is 2. The fourth-order valence-corrected chi connectivity index (χ4v) is 4.36. The van der Waals surface area contributed by atoms with Crippen LogP contribution in [0.25, 0.3) is 0 Å². The van der Waals surface area contributed by atoms with Gasteiger partial charge in [0.05, 0.1) is 19.7 Å². The minimum absolute atomic E-state index is 0.102. The number of nitrogens with zero attached hydrogens (tertiary/aromatic N) is 5. The molecule has 1 saturated heterocycles. The average molecular weight is 399 g/mol. The first kappa shape index (κ1) is 18.9. The number of rotatable bonds is 6. The maximum Gasteiger partial charge on any atom is 0.173 e. The molecule has 28 heavy (non-hydrogen) atoms. The van der Waals surface area contributed by atoms with Crippen LogP contribution in [0, 0.1) is 5.82 Å². The molecule has 1 aromatic heterocycles. The third-order valence-electron chi connectivity index (χ3n) is 4.89. The summed E-state index contributed by atoms with van der Waals surface area (Å²) in [6.07, 6.45) is 0. The molecule has 2 aromatic carbocycles. The van der Waals surface area contributed by atoms with Crippen molar-refractivity contribution in [2.24, 2.45) is 0 Å². The van der Waals surface area contributed by atoms with Crippen LogP contribution >= 0.6 is 11.8 Å². The minimum Gasteiger partial charge on any atom is -0.497 e. The number of aromatic nitrogens is 4. The van der Waals surface area contributed by atoms with Gasteiger partial charge in [0.15, 0.2) is 5.82 Å². The van der Waals surface area contributed by atoms with Gasteiger partial charge in [0.25, 0.3) is 0 Å². The Kier molecular flexibility index (Phi) is 5.87. The molecule has 0 saturated carbocycles. The zero-order valence-corrected chi connectivity index (χ0v) is 16.5. The van der Waals surface area contributed by atoms with Crippen LogP contribution in [0.15, 0.2) is 48.5 Å². The predicted octanol–water partition coefficient (Wildman–Crippen LogP) is 3.01. The molecule has 2 heterocycles. The molecule has 1 unspecified atom stereocenters. The molecule has 0 spiro atoms. The number of halogens is 1. The summed E-state index contributed by atoms with van der Waals surface area (Å²) < 4.78 is 20.5. The summed E-state index contributed by atoms with van der Waals surface area (Å²) in [6, 6.07) is 14.4. The molecule has 1 atom stereocenters. The van der Waals surface area contributed by atoms with Crippen molar-refractivity contribution in [3.63, 3.8) is 0 Å². The smallest absolute Gasteiger partial charge is 0.173 e. The Bertz CT molecular complexity index is 894. The van der Waals surface area contributed by atoms with E-state index in [9.17, 15) is 4.39 Å². The quantitative estimate of drug-likeness (QED) is 0.635. The third-order valence-corrected chi connectivity index (χ3v) is 5.83. The Morgan fingerprint density at radius 3 is 2.46 bits per heavy atom. The SMILES string of the molecule is COc1ccc(Cn2nnnc2C(c2ccc(F)cc2)N2CCSCC2)cc1. The van der Waals surface area contributed by atoms with E-state index in [0.717, 1.165) is 47.3 Å². The lowest BCUT2D eigenvalue weighted by Crippen LogP contribution is -2.38. The molecule has 8 heteroatoms. The van der Waals surface area contributed by atoms with Crippen molar-refractivity contribution < 1.29 is 9.13 Å². The maximum absolute atomic E-state index is 13.5. The van der Waals surface area contributed by atoms with E-state index in [2.05, 4.69) is 20.4 Å². The predicted molar refractivity (Wildman–Crippen MR) is 107 cm³/mol. The third kappa shape index (κ3) is 4.18. The van der Waals surface area contributed by atoms with Crippen molar-refractivity contribution >= 4 is 11.8 Å². The summed E-state index contributed by atoms with van der Waals surface area (Å²) in [5, 5.41) is 12.5. The Labute approximate surface area is 167 Å². The van der Waals surface area contributed by atoms with Gasteiger partial charge in [0.1, 0.15) is 11.6 Å². The molecule has 146 valence electrons. The zero-order chi connectivity index (χ0) is 19.3. The summed E-state index contributed by atoms with van der Waals surface area (Å²) >= 11 is 1.95. The molecule has 0 aliphatic carbocycles. The van der Waals surface area contributed by atoms with Crippen LogP contribution in [-0.2, 0) is 6.54 Å². The van der Waals surface area contributed by atoms with Gasteiger partial charge in [0.2, 0.25) is 0 Å². The molecule has 0 radical (unpaired) electrons. The minimum atomic E-state index is -0.241. The number of hydrogen-bond donors (Lipinski definition) is 0. The van der Waals surface area contributed by atoms with Crippen molar-refractivity contribution in [2.75, 3.05) is 31.7 Å². The maximum atomic E-state index is 13.5. The first-order valence-electron chi connectivity index (χ1n) is 9.21. The van der Waals surface area contributed by atoms with Crippen molar-refractivity contribution in [1.29, 1.82) is 0 Å². The monoisotopic (exact) mass is 399 g/mol. The van der Waals surface area contributed by atoms with Crippen LogP contribution in [0.4, 0.5) is 4.39 Å². The van der Waals surface area contributed by atoms with E-state index in [-0.39, 0.29) is 11.9 Å². The normalized spacial score (nSPS) is 16.1. The van der Waals surface area contributed by atoms with Gasteiger partial charge in [-0.25, -0.2) is 9.07 Å². The van der Waals surface area contributed by atoms with Gasteiger partial charge in [-0.2, -0.15) is 11.8 Å². The van der Waals surface area contributed by atoms with E-state index in [1.165, 1.54) is 12.1 Å². The van der Waals surface area contributed by atoms with E-state index in [0.29, 0.717) is 6.54 Å². The highest BCUT2D eigenvalue weighted by Gasteiger charge is 2.29. The summed E-state index contributed by atoms with van der Waals surface area (Å²) in [4.78, 5) is 2.37. The van der Waals surface area contributed by atoms with Crippen LogP contribution < -0.4 is 4.74 Å². The average Bonchev–Trinajstić information content (AvgIpc) is 3.19. The van der Waals surface area contributed by atoms with Crippen molar-refractivity contribution in [2.45, 2.75) is 12.6 Å². The molecule has 0 amide bonds. The van der Waals surface area contributed by atoms with Crippen molar-refractivity contribution in [3.8, 4) is 5.75 Å². The lowest BCUT2D eigenvalue weighted by molar-refractivity contribution is 0.235. The summed E-state index contributed by atoms with van der Waals surface area (Å²) in [6.45, 7) is 2.46. The lowest BCUT2D eigenvalue weighted by atomic mass is 10.0. The Morgan fingerprint density at radius 2 is 1.79 bits per heavy atom. The van der Waals surface area contributed by atoms with Gasteiger partial charge in [-0.15, -0.1) is 5.10 Å². The van der Waals surface area contributed by atoms with E-state index in [1.807, 2.05) is 52.8 Å². The number of hydrogen-bond acceptors (Lipinski definition) is 6. The second-order valence-corrected chi connectivity index (χ2v) is 7.87. The second-order valence-electron chi connectivity index (χ2n) is 6.65. The van der Waals surface area contributed by atoms with Crippen LogP contribution in [0.2, 0.25) is 0 Å². The van der Waals surface area contributed by atoms with E-state index >= 15 is 0 Å². The molecule has 1 aliphatic rings. The van der Waals surface area contributed by atoms with E-state index < -0.39 is 0 Å². The van der Waals surface area contributed by atoms with Crippen LogP contribution in [0.1, 0.15) is 23.0 Å². The summed E-state index contributed by atoms with van der Waals surface area (Å²) in [5.41, 5.74) is 2.08. The van der Waals surface area contributed by atoms with E-state index in [1.54, 1.807) is 7.11 Å². The van der Waals surface area contributed by atoms with Gasteiger partial charge in [-0.05, 0) is 45.8 Å². The molecule has 0 bridgehead atoms. The molecule has 6 nitrogen and oxygen atoms in total. The Hall–Kier alpha value is -2.45. The van der Waals surface area contributed by atoms with E-state index in [4.69, 9.17) is 4.74 Å². The molecule has 1 fully saturated rings. The Balaban J connectivity index is 1.66. The fourth-order valence-electron chi connectivity index (χ4n) is 3.43. The number of ether oxygens (including phenoxy) is 1. The largest absolute Gasteiger partial charge is 0.497 e. The highest BCUT2D eigenvalue weighted by molar-refractivity contribution is 7.99. The Morgan fingerprint density at radius 1 is 1.07 bits per heavy atom. The zero-order valence-electron chi connectivity index (χ0n) is 15.7. The lowest BCUT2D eigenvalue weighted by Gasteiger charge is -2.33. The van der Waals surface area contributed by atoms with Crippen molar-refractivity contribution in [1.82, 2.24) is 25.1 Å². The van der Waals surface area contributed by atoms with Gasteiger partial charge in [0, 0.05) is 24.6 Å². The standard InChI is InChI=1S/C20H22FN5OS/c1-27-18-8-2-15(3-9-18)14-26-20(22-23-24-26)19(25-10-12-28-13-11-25)16-4-6-17(21)7-5-16/h2-9,19H,10-14H2,1H3. The molecule has 3 aromatic rings. The number of thioether (sulfide) groups is 1. The van der Waals surface area contributed by atoms with Crippen LogP contribution in [0.5, 0.6) is 5.75 Å². The van der Waals surface area contributed by atoms with Gasteiger partial charge in [-0.1, -0.05) is 24.3 Å². The number of methoxy groups -OCH3 is 1. The summed E-state index contributed by atoms with van der Waals surface area (Å²) in [5.74, 6) is 3.48. The number of tetrazole rings is 1. The van der Waals surface area contributed by atoms with Gasteiger partial charge in [-0.3, -0.25) is 4.90 Å². The molecular formula is C20H22FN5OS. The van der Waals surface area contributed by atoms with Crippen LogP contribution in [0.3, 0.4) is 0 Å². The first-order valence-corrected chi connectivity index (χ1v) is 10.4. The highest BCUT2D eigenvalue weighted by Crippen LogP contribution is 2.29. The van der Waals surface area contributed by atoms with Gasteiger partial charge >= 0.3 is 0 Å².